The first-order valence-corrected chi connectivity index (χ1v) is 11.5. The summed E-state index contributed by atoms with van der Waals surface area (Å²) in [6, 6.07) is 5.23. The van der Waals surface area contributed by atoms with Crippen LogP contribution in [0.3, 0.4) is 0 Å². The molecule has 1 heterocycles. The molecule has 2 unspecified atom stereocenters. The largest absolute Gasteiger partial charge is 0.328 e. The first-order chi connectivity index (χ1) is 12.9. The van der Waals surface area contributed by atoms with Crippen molar-refractivity contribution < 1.29 is 13.2 Å². The summed E-state index contributed by atoms with van der Waals surface area (Å²) in [5.41, 5.74) is 7.23. The minimum absolute atomic E-state index is 0. The van der Waals surface area contributed by atoms with E-state index >= 15 is 0 Å². The minimum atomic E-state index is -3.55. The Morgan fingerprint density at radius 2 is 1.79 bits per heavy atom. The van der Waals surface area contributed by atoms with E-state index < -0.39 is 10.0 Å². The summed E-state index contributed by atoms with van der Waals surface area (Å²) in [7, 11) is -3.55. The van der Waals surface area contributed by atoms with Crippen molar-refractivity contribution in [3.63, 3.8) is 0 Å². The number of nitrogens with one attached hydrogen (secondary N) is 1. The molecule has 1 saturated carbocycles. The monoisotopic (exact) mass is 429 g/mol. The molecule has 1 amide bonds. The van der Waals surface area contributed by atoms with Gasteiger partial charge in [-0.05, 0) is 56.7 Å². The number of hydrogen-bond donors (Lipinski definition) is 2. The number of benzene rings is 1. The lowest BCUT2D eigenvalue weighted by atomic mass is 9.85. The van der Waals surface area contributed by atoms with Crippen molar-refractivity contribution in [2.24, 2.45) is 11.7 Å². The van der Waals surface area contributed by atoms with Gasteiger partial charge in [-0.25, -0.2) is 8.42 Å². The summed E-state index contributed by atoms with van der Waals surface area (Å²) < 4.78 is 27.9. The molecule has 1 aliphatic carbocycles. The number of carbonyl (C=O) groups excluding carboxylic acids is 1. The van der Waals surface area contributed by atoms with Crippen LogP contribution in [0.25, 0.3) is 0 Å². The van der Waals surface area contributed by atoms with E-state index in [2.05, 4.69) is 5.32 Å². The third-order valence-corrected chi connectivity index (χ3v) is 7.76. The molecule has 0 aromatic heterocycles. The molecule has 1 aromatic carbocycles. The molecule has 6 nitrogen and oxygen atoms in total. The van der Waals surface area contributed by atoms with E-state index in [-0.39, 0.29) is 30.3 Å². The van der Waals surface area contributed by atoms with Crippen LogP contribution in [0.2, 0.25) is 0 Å². The number of halogens is 1. The zero-order valence-corrected chi connectivity index (χ0v) is 18.2. The second kappa shape index (κ2) is 10.1. The summed E-state index contributed by atoms with van der Waals surface area (Å²) in [5, 5.41) is 2.91. The number of nitrogens with two attached hydrogens (primary N) is 1. The highest BCUT2D eigenvalue weighted by atomic mass is 35.5. The Bertz CT molecular complexity index is 777. The number of nitrogens with zero attached hydrogens (tertiary/aromatic N) is 1. The van der Waals surface area contributed by atoms with Crippen molar-refractivity contribution in [2.75, 3.05) is 18.4 Å². The standard InChI is InChI=1S/C20H31N3O3S.ClH/c1-15-9-10-18(22-20(24)16-7-6-8-17(21)13-16)14-19(15)27(25,26)23-11-4-2-3-5-12-23;/h9-10,14,16-17H,2-8,11-13,21H2,1H3,(H,22,24);1H. The van der Waals surface area contributed by atoms with Crippen molar-refractivity contribution in [2.45, 2.75) is 69.2 Å². The molecule has 3 rings (SSSR count). The smallest absolute Gasteiger partial charge is 0.243 e. The van der Waals surface area contributed by atoms with Gasteiger partial charge in [-0.1, -0.05) is 25.3 Å². The van der Waals surface area contributed by atoms with Crippen molar-refractivity contribution >= 4 is 34.0 Å². The van der Waals surface area contributed by atoms with E-state index in [1.54, 1.807) is 29.4 Å². The number of sulfonamides is 1. The molecular weight excluding hydrogens is 398 g/mol. The Hall–Kier alpha value is -1.15. The number of carbonyl (C=O) groups is 1. The van der Waals surface area contributed by atoms with Crippen LogP contribution in [-0.4, -0.2) is 37.8 Å². The van der Waals surface area contributed by atoms with E-state index in [1.807, 2.05) is 0 Å². The zero-order valence-electron chi connectivity index (χ0n) is 16.5. The maximum absolute atomic E-state index is 13.1. The Morgan fingerprint density at radius 1 is 1.11 bits per heavy atom. The normalized spacial score (nSPS) is 24.1. The summed E-state index contributed by atoms with van der Waals surface area (Å²) in [4.78, 5) is 12.9. The van der Waals surface area contributed by atoms with Crippen LogP contribution in [-0.2, 0) is 14.8 Å². The molecule has 3 N–H and O–H groups in total. The van der Waals surface area contributed by atoms with Crippen LogP contribution in [0.5, 0.6) is 0 Å². The molecule has 1 saturated heterocycles. The second-order valence-electron chi connectivity index (χ2n) is 7.91. The number of amides is 1. The van der Waals surface area contributed by atoms with Crippen LogP contribution in [0.1, 0.15) is 56.9 Å². The van der Waals surface area contributed by atoms with Gasteiger partial charge in [0.25, 0.3) is 0 Å². The van der Waals surface area contributed by atoms with Gasteiger partial charge >= 0.3 is 0 Å². The van der Waals surface area contributed by atoms with Gasteiger partial charge in [0.1, 0.15) is 0 Å². The van der Waals surface area contributed by atoms with Gasteiger partial charge in [-0.2, -0.15) is 4.31 Å². The van der Waals surface area contributed by atoms with Gasteiger partial charge in [0.15, 0.2) is 0 Å². The molecule has 1 aliphatic heterocycles. The fourth-order valence-electron chi connectivity index (χ4n) is 4.09. The van der Waals surface area contributed by atoms with E-state index in [0.717, 1.165) is 44.9 Å². The van der Waals surface area contributed by atoms with Gasteiger partial charge < -0.3 is 11.1 Å². The van der Waals surface area contributed by atoms with E-state index in [4.69, 9.17) is 5.73 Å². The lowest BCUT2D eigenvalue weighted by Crippen LogP contribution is -2.34. The Balaban J connectivity index is 0.00000280. The van der Waals surface area contributed by atoms with E-state index in [9.17, 15) is 13.2 Å². The van der Waals surface area contributed by atoms with Crippen LogP contribution >= 0.6 is 12.4 Å². The topological polar surface area (TPSA) is 92.5 Å². The van der Waals surface area contributed by atoms with Gasteiger partial charge in [0, 0.05) is 30.7 Å². The Kier molecular flexibility index (Phi) is 8.30. The number of hydrogen-bond acceptors (Lipinski definition) is 4. The summed E-state index contributed by atoms with van der Waals surface area (Å²) in [5.74, 6) is -0.159. The second-order valence-corrected chi connectivity index (χ2v) is 9.82. The molecule has 158 valence electrons. The van der Waals surface area contributed by atoms with E-state index in [0.29, 0.717) is 35.7 Å². The third kappa shape index (κ3) is 5.47. The maximum atomic E-state index is 13.1. The summed E-state index contributed by atoms with van der Waals surface area (Å²) in [6.07, 6.45) is 7.40. The lowest BCUT2D eigenvalue weighted by molar-refractivity contribution is -0.120. The molecule has 0 bridgehead atoms. The quantitative estimate of drug-likeness (QED) is 0.766. The fourth-order valence-corrected chi connectivity index (χ4v) is 5.85. The fraction of sp³-hybridized carbons (Fsp3) is 0.650. The predicted octanol–water partition coefficient (Wildman–Crippen LogP) is 3.44. The maximum Gasteiger partial charge on any atom is 0.243 e. The summed E-state index contributed by atoms with van der Waals surface area (Å²) >= 11 is 0. The van der Waals surface area contributed by atoms with Gasteiger partial charge in [0.2, 0.25) is 15.9 Å². The van der Waals surface area contributed by atoms with Crippen LogP contribution in [0.15, 0.2) is 23.1 Å². The lowest BCUT2D eigenvalue weighted by Gasteiger charge is -2.26. The average molecular weight is 430 g/mol. The highest BCUT2D eigenvalue weighted by molar-refractivity contribution is 7.89. The zero-order chi connectivity index (χ0) is 19.4. The SMILES string of the molecule is Cc1ccc(NC(=O)C2CCCC(N)C2)cc1S(=O)(=O)N1CCCCCC1.Cl. The Morgan fingerprint density at radius 3 is 2.43 bits per heavy atom. The predicted molar refractivity (Wildman–Crippen MR) is 114 cm³/mol. The molecule has 2 atom stereocenters. The van der Waals surface area contributed by atoms with E-state index in [1.165, 1.54) is 0 Å². The highest BCUT2D eigenvalue weighted by Gasteiger charge is 2.28. The average Bonchev–Trinajstić information content (AvgIpc) is 2.93. The molecule has 2 aliphatic rings. The van der Waals surface area contributed by atoms with Gasteiger partial charge in [-0.15, -0.1) is 12.4 Å². The van der Waals surface area contributed by atoms with Crippen molar-refractivity contribution in [1.29, 1.82) is 0 Å². The number of anilines is 1. The van der Waals surface area contributed by atoms with Crippen molar-refractivity contribution in [3.05, 3.63) is 23.8 Å². The van der Waals surface area contributed by atoms with Gasteiger partial charge in [-0.3, -0.25) is 4.79 Å². The van der Waals surface area contributed by atoms with Crippen LogP contribution in [0, 0.1) is 12.8 Å². The summed E-state index contributed by atoms with van der Waals surface area (Å²) in [6.45, 7) is 2.94. The molecule has 2 fully saturated rings. The molecule has 0 radical (unpaired) electrons. The Labute approximate surface area is 174 Å². The highest BCUT2D eigenvalue weighted by Crippen LogP contribution is 2.28. The van der Waals surface area contributed by atoms with Gasteiger partial charge in [0.05, 0.1) is 4.90 Å². The number of rotatable bonds is 4. The first-order valence-electron chi connectivity index (χ1n) is 10.0. The molecule has 8 heteroatoms. The molecule has 1 aromatic rings. The minimum Gasteiger partial charge on any atom is -0.328 e. The van der Waals surface area contributed by atoms with Crippen molar-refractivity contribution in [1.82, 2.24) is 4.31 Å². The first kappa shape index (κ1) is 23.1. The van der Waals surface area contributed by atoms with Crippen LogP contribution in [0.4, 0.5) is 5.69 Å². The molecular formula is C20H32ClN3O3S. The van der Waals surface area contributed by atoms with Crippen molar-refractivity contribution in [3.8, 4) is 0 Å². The number of aryl methyl sites for hydroxylation is 1. The van der Waals surface area contributed by atoms with Crippen LogP contribution < -0.4 is 11.1 Å². The molecule has 28 heavy (non-hydrogen) atoms. The third-order valence-electron chi connectivity index (χ3n) is 5.72. The molecule has 0 spiro atoms.